The second kappa shape index (κ2) is 7.14. The molecule has 3 aromatic rings. The summed E-state index contributed by atoms with van der Waals surface area (Å²) in [5, 5.41) is 11.3. The summed E-state index contributed by atoms with van der Waals surface area (Å²) in [7, 11) is 0. The predicted molar refractivity (Wildman–Crippen MR) is 104 cm³/mol. The number of aromatic amines is 1. The lowest BCUT2D eigenvalue weighted by molar-refractivity contribution is 0.331. The molecule has 0 spiro atoms. The molecule has 2 heterocycles. The van der Waals surface area contributed by atoms with E-state index in [0.29, 0.717) is 16.3 Å². The van der Waals surface area contributed by atoms with E-state index in [9.17, 15) is 9.90 Å². The van der Waals surface area contributed by atoms with E-state index in [4.69, 9.17) is 0 Å². The molecule has 5 heteroatoms. The number of nitrogens with one attached hydrogen (secondary N) is 1. The molecule has 5 nitrogen and oxygen atoms in total. The van der Waals surface area contributed by atoms with Crippen LogP contribution in [0.5, 0.6) is 5.88 Å². The molecular formula is C21H21N3O2. The number of aliphatic imine (C=N–C) groups is 1. The van der Waals surface area contributed by atoms with Gasteiger partial charge in [-0.2, -0.15) is 0 Å². The van der Waals surface area contributed by atoms with Crippen LogP contribution in [-0.4, -0.2) is 34.3 Å². The molecule has 1 fully saturated rings. The maximum absolute atomic E-state index is 11.9. The van der Waals surface area contributed by atoms with Crippen LogP contribution in [0.2, 0.25) is 0 Å². The number of likely N-dealkylation sites (tertiary alicyclic amines) is 1. The summed E-state index contributed by atoms with van der Waals surface area (Å²) < 4.78 is 0. The van der Waals surface area contributed by atoms with Gasteiger partial charge in [-0.25, -0.2) is 0 Å². The van der Waals surface area contributed by atoms with Crippen molar-refractivity contribution >= 4 is 22.7 Å². The lowest BCUT2D eigenvalue weighted by Gasteiger charge is -2.14. The first-order chi connectivity index (χ1) is 12.7. The third kappa shape index (κ3) is 3.39. The average Bonchev–Trinajstić information content (AvgIpc) is 3.16. The highest BCUT2D eigenvalue weighted by atomic mass is 16.3. The third-order valence-corrected chi connectivity index (χ3v) is 4.83. The fourth-order valence-corrected chi connectivity index (χ4v) is 3.44. The maximum Gasteiger partial charge on any atom is 0.258 e. The van der Waals surface area contributed by atoms with E-state index in [1.807, 2.05) is 24.3 Å². The molecule has 2 N–H and O–H groups in total. The highest BCUT2D eigenvalue weighted by molar-refractivity contribution is 6.01. The van der Waals surface area contributed by atoms with E-state index in [0.717, 1.165) is 12.2 Å². The Balaban J connectivity index is 1.58. The van der Waals surface area contributed by atoms with Gasteiger partial charge in [0, 0.05) is 23.5 Å². The molecule has 1 aliphatic heterocycles. The van der Waals surface area contributed by atoms with Gasteiger partial charge in [-0.1, -0.05) is 30.3 Å². The van der Waals surface area contributed by atoms with Crippen LogP contribution in [0, 0.1) is 0 Å². The van der Waals surface area contributed by atoms with Crippen LogP contribution in [-0.2, 0) is 6.54 Å². The second-order valence-electron chi connectivity index (χ2n) is 6.67. The first kappa shape index (κ1) is 16.5. The van der Waals surface area contributed by atoms with E-state index >= 15 is 0 Å². The average molecular weight is 347 g/mol. The summed E-state index contributed by atoms with van der Waals surface area (Å²) in [6.07, 6.45) is 4.18. The Labute approximate surface area is 151 Å². The van der Waals surface area contributed by atoms with Crippen molar-refractivity contribution in [3.63, 3.8) is 0 Å². The van der Waals surface area contributed by atoms with Crippen molar-refractivity contribution in [3.05, 3.63) is 70.0 Å². The zero-order valence-corrected chi connectivity index (χ0v) is 14.5. The molecule has 26 heavy (non-hydrogen) atoms. The van der Waals surface area contributed by atoms with E-state index < -0.39 is 0 Å². The standard InChI is InChI=1S/C21H21N3O2/c25-20-18-6-2-1-5-17(18)19(21(26)23-20)13-22-16-9-7-15(8-10-16)14-24-11-3-4-12-24/h1-2,5-10,13H,3-4,11-12,14H2,(H2,23,25,26). The third-order valence-electron chi connectivity index (χ3n) is 4.83. The number of aromatic nitrogens is 1. The van der Waals surface area contributed by atoms with E-state index in [2.05, 4.69) is 27.0 Å². The van der Waals surface area contributed by atoms with E-state index in [1.165, 1.54) is 31.5 Å². The first-order valence-corrected chi connectivity index (χ1v) is 8.90. The van der Waals surface area contributed by atoms with Crippen LogP contribution in [0.4, 0.5) is 5.69 Å². The topological polar surface area (TPSA) is 68.7 Å². The molecule has 2 aromatic carbocycles. The van der Waals surface area contributed by atoms with Crippen molar-refractivity contribution in [1.29, 1.82) is 0 Å². The minimum Gasteiger partial charge on any atom is -0.494 e. The molecule has 1 saturated heterocycles. The normalized spacial score (nSPS) is 15.2. The first-order valence-electron chi connectivity index (χ1n) is 8.90. The zero-order valence-electron chi connectivity index (χ0n) is 14.5. The molecule has 0 bridgehead atoms. The van der Waals surface area contributed by atoms with Crippen LogP contribution in [0.3, 0.4) is 0 Å². The van der Waals surface area contributed by atoms with Gasteiger partial charge in [-0.15, -0.1) is 0 Å². The SMILES string of the molecule is O=c1[nH]c(O)c(C=Nc2ccc(CN3CCCC3)cc2)c2ccccc12. The molecule has 1 aromatic heterocycles. The highest BCUT2D eigenvalue weighted by Gasteiger charge is 2.11. The van der Waals surface area contributed by atoms with Gasteiger partial charge >= 0.3 is 0 Å². The second-order valence-corrected chi connectivity index (χ2v) is 6.67. The number of hydrogen-bond acceptors (Lipinski definition) is 4. The van der Waals surface area contributed by atoms with Gasteiger partial charge in [0.1, 0.15) is 0 Å². The van der Waals surface area contributed by atoms with Crippen LogP contribution < -0.4 is 5.56 Å². The Morgan fingerprint density at radius 1 is 1.04 bits per heavy atom. The van der Waals surface area contributed by atoms with Crippen molar-refractivity contribution in [2.24, 2.45) is 4.99 Å². The van der Waals surface area contributed by atoms with Crippen molar-refractivity contribution in [2.45, 2.75) is 19.4 Å². The summed E-state index contributed by atoms with van der Waals surface area (Å²) in [4.78, 5) is 21.3. The molecule has 0 saturated carbocycles. The van der Waals surface area contributed by atoms with Crippen molar-refractivity contribution in [3.8, 4) is 5.88 Å². The lowest BCUT2D eigenvalue weighted by Crippen LogP contribution is -2.18. The van der Waals surface area contributed by atoms with Gasteiger partial charge in [-0.3, -0.25) is 19.7 Å². The summed E-state index contributed by atoms with van der Waals surface area (Å²) >= 11 is 0. The van der Waals surface area contributed by atoms with Crippen molar-refractivity contribution in [2.75, 3.05) is 13.1 Å². The Morgan fingerprint density at radius 2 is 1.73 bits per heavy atom. The zero-order chi connectivity index (χ0) is 17.9. The van der Waals surface area contributed by atoms with Crippen LogP contribution >= 0.6 is 0 Å². The Hall–Kier alpha value is -2.92. The number of pyridine rings is 1. The fraction of sp³-hybridized carbons (Fsp3) is 0.238. The number of aromatic hydroxyl groups is 1. The van der Waals surface area contributed by atoms with Crippen molar-refractivity contribution < 1.29 is 5.11 Å². The summed E-state index contributed by atoms with van der Waals surface area (Å²) in [6.45, 7) is 3.34. The molecular weight excluding hydrogens is 326 g/mol. The number of nitrogens with zero attached hydrogens (tertiary/aromatic N) is 2. The van der Waals surface area contributed by atoms with Gasteiger partial charge in [-0.05, 0) is 49.7 Å². The van der Waals surface area contributed by atoms with Gasteiger partial charge in [0.2, 0.25) is 5.88 Å². The van der Waals surface area contributed by atoms with Gasteiger partial charge in [0.25, 0.3) is 5.56 Å². The monoisotopic (exact) mass is 347 g/mol. The Morgan fingerprint density at radius 3 is 2.46 bits per heavy atom. The lowest BCUT2D eigenvalue weighted by atomic mass is 10.1. The van der Waals surface area contributed by atoms with Gasteiger partial charge in [0.05, 0.1) is 11.3 Å². The number of rotatable bonds is 4. The maximum atomic E-state index is 11.9. The molecule has 1 aliphatic rings. The molecule has 4 rings (SSSR count). The molecule has 0 unspecified atom stereocenters. The molecule has 0 amide bonds. The Kier molecular flexibility index (Phi) is 4.54. The highest BCUT2D eigenvalue weighted by Crippen LogP contribution is 2.22. The van der Waals surface area contributed by atoms with Gasteiger partial charge in [0.15, 0.2) is 0 Å². The predicted octanol–water partition coefficient (Wildman–Crippen LogP) is 3.58. The quantitative estimate of drug-likeness (QED) is 0.709. The smallest absolute Gasteiger partial charge is 0.258 e. The minimum atomic E-state index is -0.304. The molecule has 0 atom stereocenters. The number of hydrogen-bond donors (Lipinski definition) is 2. The van der Waals surface area contributed by atoms with E-state index in [1.54, 1.807) is 18.3 Å². The fourth-order valence-electron chi connectivity index (χ4n) is 3.44. The molecule has 0 radical (unpaired) electrons. The van der Waals surface area contributed by atoms with Crippen molar-refractivity contribution in [1.82, 2.24) is 9.88 Å². The minimum absolute atomic E-state index is 0.164. The number of benzene rings is 2. The van der Waals surface area contributed by atoms with Crippen LogP contribution in [0.15, 0.2) is 58.3 Å². The summed E-state index contributed by atoms with van der Waals surface area (Å²) in [5.41, 5.74) is 2.30. The summed E-state index contributed by atoms with van der Waals surface area (Å²) in [6, 6.07) is 15.3. The number of fused-ring (bicyclic) bond motifs is 1. The van der Waals surface area contributed by atoms with Gasteiger partial charge < -0.3 is 5.11 Å². The summed E-state index contributed by atoms with van der Waals surface area (Å²) in [5.74, 6) is -0.164. The van der Waals surface area contributed by atoms with E-state index in [-0.39, 0.29) is 11.4 Å². The van der Waals surface area contributed by atoms with Crippen LogP contribution in [0.25, 0.3) is 10.8 Å². The molecule has 0 aliphatic carbocycles. The largest absolute Gasteiger partial charge is 0.494 e. The Bertz CT molecular complexity index is 1000. The van der Waals surface area contributed by atoms with Crippen LogP contribution in [0.1, 0.15) is 24.0 Å². The number of H-pyrrole nitrogens is 1. The molecule has 132 valence electrons.